The molecule has 1 aromatic heterocycles. The predicted octanol–water partition coefficient (Wildman–Crippen LogP) is 1.29. The molecule has 2 aromatic rings. The Hall–Kier alpha value is -3.10. The highest BCUT2D eigenvalue weighted by molar-refractivity contribution is 5.94. The molecule has 0 spiro atoms. The Bertz CT molecular complexity index is 810. The molecular formula is C17H19N3O6. The van der Waals surface area contributed by atoms with Crippen LogP contribution in [0.25, 0.3) is 11.1 Å². The van der Waals surface area contributed by atoms with Gasteiger partial charge in [-0.2, -0.15) is 0 Å². The van der Waals surface area contributed by atoms with Crippen molar-refractivity contribution in [3.05, 3.63) is 30.2 Å². The summed E-state index contributed by atoms with van der Waals surface area (Å²) < 4.78 is 15.1. The summed E-state index contributed by atoms with van der Waals surface area (Å²) in [6.07, 6.45) is 0.911. The first-order valence-corrected chi connectivity index (χ1v) is 8.28. The van der Waals surface area contributed by atoms with Gasteiger partial charge in [0.15, 0.2) is 18.6 Å². The van der Waals surface area contributed by atoms with Crippen LogP contribution in [0, 0.1) is 0 Å². The number of hydrogen-bond donors (Lipinski definition) is 0. The predicted molar refractivity (Wildman–Crippen MR) is 89.5 cm³/mol. The van der Waals surface area contributed by atoms with Crippen molar-refractivity contribution in [2.45, 2.75) is 6.92 Å². The fourth-order valence-corrected chi connectivity index (χ4v) is 2.64. The van der Waals surface area contributed by atoms with E-state index >= 15 is 0 Å². The third-order valence-corrected chi connectivity index (χ3v) is 4.05. The molecule has 9 heteroatoms. The van der Waals surface area contributed by atoms with Gasteiger partial charge in [0.1, 0.15) is 5.52 Å². The number of fused-ring (bicyclic) bond motifs is 1. The van der Waals surface area contributed by atoms with Gasteiger partial charge in [0.05, 0.1) is 12.2 Å². The molecule has 0 radical (unpaired) electrons. The van der Waals surface area contributed by atoms with Gasteiger partial charge < -0.3 is 23.7 Å². The second kappa shape index (κ2) is 7.85. The van der Waals surface area contributed by atoms with E-state index in [4.69, 9.17) is 13.9 Å². The van der Waals surface area contributed by atoms with Crippen molar-refractivity contribution in [2.75, 3.05) is 39.4 Å². The Morgan fingerprint density at radius 2 is 1.85 bits per heavy atom. The van der Waals surface area contributed by atoms with Crippen LogP contribution >= 0.6 is 0 Å². The van der Waals surface area contributed by atoms with Crippen molar-refractivity contribution in [3.63, 3.8) is 0 Å². The summed E-state index contributed by atoms with van der Waals surface area (Å²) in [5, 5.41) is 0. The maximum atomic E-state index is 12.2. The van der Waals surface area contributed by atoms with Crippen LogP contribution in [-0.4, -0.2) is 72.1 Å². The summed E-state index contributed by atoms with van der Waals surface area (Å²) in [4.78, 5) is 43.0. The van der Waals surface area contributed by atoms with E-state index in [0.29, 0.717) is 49.4 Å². The minimum atomic E-state index is -0.603. The first kappa shape index (κ1) is 17.7. The van der Waals surface area contributed by atoms with Crippen LogP contribution < -0.4 is 0 Å². The van der Waals surface area contributed by atoms with Crippen LogP contribution in [0.4, 0.5) is 4.79 Å². The number of esters is 1. The number of piperazine rings is 1. The zero-order chi connectivity index (χ0) is 18.5. The molecule has 0 N–H and O–H groups in total. The monoisotopic (exact) mass is 361 g/mol. The first-order valence-electron chi connectivity index (χ1n) is 8.28. The van der Waals surface area contributed by atoms with E-state index in [1.165, 1.54) is 6.39 Å². The molecule has 1 aliphatic rings. The molecule has 0 unspecified atom stereocenters. The summed E-state index contributed by atoms with van der Waals surface area (Å²) in [5.41, 5.74) is 1.41. The Balaban J connectivity index is 1.48. The first-order chi connectivity index (χ1) is 12.6. The third-order valence-electron chi connectivity index (χ3n) is 4.05. The SMILES string of the molecule is CCOC(=O)N1CCN(C(=O)COC(=O)c2ccc3ocnc3c2)CC1. The van der Waals surface area contributed by atoms with Crippen molar-refractivity contribution in [1.82, 2.24) is 14.8 Å². The standard InChI is InChI=1S/C17H19N3O6/c1-2-24-17(23)20-7-5-19(6-8-20)15(21)10-25-16(22)12-3-4-14-13(9-12)18-11-26-14/h3-4,9,11H,2,5-8,10H2,1H3. The van der Waals surface area contributed by atoms with Gasteiger partial charge in [-0.3, -0.25) is 4.79 Å². The summed E-state index contributed by atoms with van der Waals surface area (Å²) >= 11 is 0. The van der Waals surface area contributed by atoms with Gasteiger partial charge in [-0.1, -0.05) is 0 Å². The van der Waals surface area contributed by atoms with Gasteiger partial charge in [-0.15, -0.1) is 0 Å². The van der Waals surface area contributed by atoms with Crippen molar-refractivity contribution in [3.8, 4) is 0 Å². The van der Waals surface area contributed by atoms with Crippen LogP contribution in [0.2, 0.25) is 0 Å². The van der Waals surface area contributed by atoms with Gasteiger partial charge in [0.2, 0.25) is 0 Å². The average molecular weight is 361 g/mol. The lowest BCUT2D eigenvalue weighted by molar-refractivity contribution is -0.136. The normalized spacial score (nSPS) is 14.3. The van der Waals surface area contributed by atoms with Gasteiger partial charge in [-0.05, 0) is 25.1 Å². The van der Waals surface area contributed by atoms with Crippen molar-refractivity contribution in [1.29, 1.82) is 0 Å². The van der Waals surface area contributed by atoms with Gasteiger partial charge >= 0.3 is 12.1 Å². The maximum Gasteiger partial charge on any atom is 0.409 e. The van der Waals surface area contributed by atoms with Crippen molar-refractivity contribution in [2.24, 2.45) is 0 Å². The Morgan fingerprint density at radius 1 is 1.12 bits per heavy atom. The zero-order valence-electron chi connectivity index (χ0n) is 14.3. The number of carbonyl (C=O) groups excluding carboxylic acids is 3. The molecule has 9 nitrogen and oxygen atoms in total. The van der Waals surface area contributed by atoms with E-state index < -0.39 is 5.97 Å². The molecule has 0 aliphatic carbocycles. The average Bonchev–Trinajstić information content (AvgIpc) is 3.14. The maximum absolute atomic E-state index is 12.2. The van der Waals surface area contributed by atoms with Gasteiger partial charge in [0, 0.05) is 26.2 Å². The Kier molecular flexibility index (Phi) is 5.35. The van der Waals surface area contributed by atoms with E-state index in [1.807, 2.05) is 0 Å². The summed E-state index contributed by atoms with van der Waals surface area (Å²) in [5.74, 6) is -0.905. The topological polar surface area (TPSA) is 102 Å². The zero-order valence-corrected chi connectivity index (χ0v) is 14.3. The molecule has 2 amide bonds. The lowest BCUT2D eigenvalue weighted by Crippen LogP contribution is -2.51. The lowest BCUT2D eigenvalue weighted by atomic mass is 10.2. The summed E-state index contributed by atoms with van der Waals surface area (Å²) in [6, 6.07) is 4.72. The smallest absolute Gasteiger partial charge is 0.409 e. The van der Waals surface area contributed by atoms with Crippen molar-refractivity contribution < 1.29 is 28.3 Å². The second-order valence-corrected chi connectivity index (χ2v) is 5.68. The summed E-state index contributed by atoms with van der Waals surface area (Å²) in [6.45, 7) is 3.23. The Morgan fingerprint density at radius 3 is 2.58 bits per heavy atom. The van der Waals surface area contributed by atoms with Crippen LogP contribution in [0.1, 0.15) is 17.3 Å². The number of rotatable bonds is 4. The number of aromatic nitrogens is 1. The highest BCUT2D eigenvalue weighted by Gasteiger charge is 2.25. The van der Waals surface area contributed by atoms with E-state index in [9.17, 15) is 14.4 Å². The van der Waals surface area contributed by atoms with Crippen molar-refractivity contribution >= 4 is 29.1 Å². The summed E-state index contributed by atoms with van der Waals surface area (Å²) in [7, 11) is 0. The number of oxazole rings is 1. The molecule has 1 saturated heterocycles. The molecule has 1 aromatic carbocycles. The van der Waals surface area contributed by atoms with E-state index in [0.717, 1.165) is 0 Å². The second-order valence-electron chi connectivity index (χ2n) is 5.68. The quantitative estimate of drug-likeness (QED) is 0.756. The molecule has 1 aliphatic heterocycles. The Labute approximate surface area is 149 Å². The van der Waals surface area contributed by atoms with Crippen LogP contribution in [0.5, 0.6) is 0 Å². The van der Waals surface area contributed by atoms with Crippen LogP contribution in [-0.2, 0) is 14.3 Å². The van der Waals surface area contributed by atoms with Crippen LogP contribution in [0.15, 0.2) is 29.0 Å². The molecular weight excluding hydrogens is 342 g/mol. The molecule has 2 heterocycles. The lowest BCUT2D eigenvalue weighted by Gasteiger charge is -2.33. The van der Waals surface area contributed by atoms with Gasteiger partial charge in [-0.25, -0.2) is 14.6 Å². The number of carbonyl (C=O) groups is 3. The molecule has 138 valence electrons. The molecule has 0 bridgehead atoms. The van der Waals surface area contributed by atoms with Crippen LogP contribution in [0.3, 0.4) is 0 Å². The third kappa shape index (κ3) is 3.93. The highest BCUT2D eigenvalue weighted by Crippen LogP contribution is 2.15. The van der Waals surface area contributed by atoms with E-state index in [2.05, 4.69) is 4.98 Å². The van der Waals surface area contributed by atoms with E-state index in [-0.39, 0.29) is 18.6 Å². The minimum Gasteiger partial charge on any atom is -0.452 e. The van der Waals surface area contributed by atoms with E-state index in [1.54, 1.807) is 34.9 Å². The number of nitrogens with zero attached hydrogens (tertiary/aromatic N) is 3. The molecule has 0 atom stereocenters. The molecule has 26 heavy (non-hydrogen) atoms. The number of ether oxygens (including phenoxy) is 2. The number of benzene rings is 1. The minimum absolute atomic E-state index is 0.298. The fraction of sp³-hybridized carbons (Fsp3) is 0.412. The fourth-order valence-electron chi connectivity index (χ4n) is 2.64. The molecule has 3 rings (SSSR count). The molecule has 1 fully saturated rings. The number of amides is 2. The number of hydrogen-bond acceptors (Lipinski definition) is 7. The molecule has 0 saturated carbocycles. The highest BCUT2D eigenvalue weighted by atomic mass is 16.6. The largest absolute Gasteiger partial charge is 0.452 e. The van der Waals surface area contributed by atoms with Gasteiger partial charge in [0.25, 0.3) is 5.91 Å².